The Morgan fingerprint density at radius 2 is 1.90 bits per heavy atom. The predicted octanol–water partition coefficient (Wildman–Crippen LogP) is 1.41. The van der Waals surface area contributed by atoms with Crippen LogP contribution in [-0.4, -0.2) is 81.7 Å². The highest BCUT2D eigenvalue weighted by molar-refractivity contribution is 6.24. The van der Waals surface area contributed by atoms with Gasteiger partial charge in [0.05, 0.1) is 18.7 Å². The number of ether oxygens (including phenoxy) is 1. The molecule has 7 atom stereocenters. The van der Waals surface area contributed by atoms with Crippen molar-refractivity contribution in [3.05, 3.63) is 45.4 Å². The number of aromatic hydroxyl groups is 1. The van der Waals surface area contributed by atoms with E-state index in [1.165, 1.54) is 37.3 Å². The Morgan fingerprint density at radius 1 is 1.17 bits per heavy atom. The Bertz CT molecular complexity index is 1430. The molecule has 41 heavy (non-hydrogen) atoms. The molecule has 1 aromatic rings. The van der Waals surface area contributed by atoms with Gasteiger partial charge in [0, 0.05) is 35.2 Å². The van der Waals surface area contributed by atoms with Crippen LogP contribution in [0.25, 0.3) is 0 Å². The summed E-state index contributed by atoms with van der Waals surface area (Å²) in [5.74, 6) is -4.80. The minimum Gasteiger partial charge on any atom is -0.510 e. The lowest BCUT2D eigenvalue weighted by Gasteiger charge is -2.50. The first kappa shape index (κ1) is 27.7. The molecule has 0 aromatic heterocycles. The van der Waals surface area contributed by atoms with Crippen LogP contribution in [0.5, 0.6) is 11.5 Å². The molecule has 11 heteroatoms. The molecule has 5 aliphatic carbocycles. The van der Waals surface area contributed by atoms with E-state index >= 15 is 0 Å². The van der Waals surface area contributed by atoms with Gasteiger partial charge >= 0.3 is 0 Å². The summed E-state index contributed by atoms with van der Waals surface area (Å²) >= 11 is 0. The van der Waals surface area contributed by atoms with Crippen molar-refractivity contribution in [2.24, 2.45) is 29.4 Å². The van der Waals surface area contributed by atoms with Gasteiger partial charge in [-0.2, -0.15) is 0 Å². The number of phenolic OH excluding ortho intramolecular Hbond substituents is 1. The molecular weight excluding hydrogens is 530 g/mol. The Kier molecular flexibility index (Phi) is 6.48. The number of aliphatic hydroxyl groups is 3. The van der Waals surface area contributed by atoms with Crippen molar-refractivity contribution in [3.8, 4) is 11.5 Å². The van der Waals surface area contributed by atoms with Crippen molar-refractivity contribution in [1.82, 2.24) is 10.2 Å². The molecular formula is C30H37N3O8. The molecule has 0 spiro atoms. The highest BCUT2D eigenvalue weighted by atomic mass is 16.5. The minimum atomic E-state index is -2.66. The molecule has 220 valence electrons. The summed E-state index contributed by atoms with van der Waals surface area (Å²) in [5.41, 5.74) is 2.88. The van der Waals surface area contributed by atoms with E-state index in [2.05, 4.69) is 5.32 Å². The van der Waals surface area contributed by atoms with Gasteiger partial charge in [0.1, 0.15) is 28.6 Å². The number of fused-ring (bicyclic) bond motifs is 5. The molecule has 2 fully saturated rings. The van der Waals surface area contributed by atoms with Crippen molar-refractivity contribution in [2.75, 3.05) is 21.2 Å². The number of likely N-dealkylation sites (N-methyl/N-ethyl adjacent to an activating group) is 1. The summed E-state index contributed by atoms with van der Waals surface area (Å²) in [6, 6.07) is 0.861. The van der Waals surface area contributed by atoms with Crippen LogP contribution in [0.3, 0.4) is 0 Å². The third kappa shape index (κ3) is 3.85. The van der Waals surface area contributed by atoms with Gasteiger partial charge in [0.15, 0.2) is 11.4 Å². The normalized spacial score (nSPS) is 34.2. The fourth-order valence-corrected chi connectivity index (χ4v) is 8.48. The first-order valence-electron chi connectivity index (χ1n) is 14.2. The number of amides is 1. The number of Topliss-reactive ketones (excluding diaryl/α,β-unsaturated/α-hetero) is 2. The molecule has 2 unspecified atom stereocenters. The number of hydrogen-bond acceptors (Lipinski definition) is 10. The van der Waals surface area contributed by atoms with Crippen molar-refractivity contribution in [2.45, 2.75) is 62.8 Å². The van der Waals surface area contributed by atoms with E-state index in [0.29, 0.717) is 35.4 Å². The summed E-state index contributed by atoms with van der Waals surface area (Å²) in [4.78, 5) is 41.0. The van der Waals surface area contributed by atoms with Crippen LogP contribution in [0.15, 0.2) is 28.7 Å². The molecule has 2 bridgehead atoms. The van der Waals surface area contributed by atoms with E-state index in [-0.39, 0.29) is 29.7 Å². The van der Waals surface area contributed by atoms with Gasteiger partial charge in [-0.05, 0) is 70.0 Å². The number of hydrogen-bond donors (Lipinski definition) is 6. The number of primary amides is 1. The Balaban J connectivity index is 1.41. The van der Waals surface area contributed by atoms with Crippen molar-refractivity contribution in [3.63, 3.8) is 0 Å². The molecule has 6 rings (SSSR count). The minimum absolute atomic E-state index is 0.0310. The van der Waals surface area contributed by atoms with Gasteiger partial charge in [-0.3, -0.25) is 19.3 Å². The van der Waals surface area contributed by atoms with Crippen molar-refractivity contribution in [1.29, 1.82) is 0 Å². The topological polar surface area (TPSA) is 183 Å². The number of carbonyl (C=O) groups excluding carboxylic acids is 3. The van der Waals surface area contributed by atoms with Crippen molar-refractivity contribution < 1.29 is 39.5 Å². The summed E-state index contributed by atoms with van der Waals surface area (Å²) in [7, 11) is 4.71. The van der Waals surface area contributed by atoms with E-state index in [1.807, 2.05) is 0 Å². The van der Waals surface area contributed by atoms with Gasteiger partial charge in [0.2, 0.25) is 5.78 Å². The molecule has 0 heterocycles. The second-order valence-electron chi connectivity index (χ2n) is 12.6. The number of carbonyl (C=O) groups is 3. The monoisotopic (exact) mass is 567 g/mol. The number of benzene rings is 1. The lowest BCUT2D eigenvalue weighted by Crippen LogP contribution is -2.63. The van der Waals surface area contributed by atoms with E-state index < -0.39 is 58.0 Å². The fraction of sp³-hybridized carbons (Fsp3) is 0.567. The number of nitrogens with two attached hydrogens (primary N) is 1. The first-order valence-corrected chi connectivity index (χ1v) is 14.2. The number of methoxy groups -OCH3 is 1. The molecule has 1 amide bonds. The summed E-state index contributed by atoms with van der Waals surface area (Å²) in [5, 5.41) is 48.8. The van der Waals surface area contributed by atoms with Crippen LogP contribution in [0, 0.1) is 23.7 Å². The second kappa shape index (κ2) is 9.57. The third-order valence-corrected chi connectivity index (χ3v) is 10.2. The summed E-state index contributed by atoms with van der Waals surface area (Å²) in [6.07, 6.45) is 5.10. The van der Waals surface area contributed by atoms with Crippen LogP contribution in [-0.2, 0) is 22.6 Å². The lowest BCUT2D eigenvalue weighted by atomic mass is 9.58. The fourth-order valence-electron chi connectivity index (χ4n) is 8.48. The zero-order valence-corrected chi connectivity index (χ0v) is 23.4. The van der Waals surface area contributed by atoms with E-state index in [0.717, 1.165) is 12.3 Å². The number of aliphatic hydroxyl groups excluding tert-OH is 2. The second-order valence-corrected chi connectivity index (χ2v) is 12.6. The Hall–Kier alpha value is -3.41. The highest BCUT2D eigenvalue weighted by Gasteiger charge is 2.63. The standard InChI is InChI=1S/C30H37N3O8/c1-33(2)23-17-9-14-8-16-21(24(35)20(14)27(37)30(17,40)28(38)22(25(23)36)29(31)39)19(34)10-15(26(16)41-3)11-32-18-7-12-4-5-13(18)6-12/h10,12-14,17-18,23,32,34,36-37,40H,4-9,11H2,1-3H3,(H2,31,39)/t12?,13?,14-,17-,18+,23-,30-/m0/s1. The van der Waals surface area contributed by atoms with E-state index in [9.17, 15) is 34.8 Å². The van der Waals surface area contributed by atoms with Gasteiger partial charge in [0.25, 0.3) is 5.91 Å². The number of nitrogens with one attached hydrogen (secondary N) is 1. The van der Waals surface area contributed by atoms with Gasteiger partial charge < -0.3 is 36.2 Å². The molecule has 0 radical (unpaired) electrons. The Labute approximate surface area is 237 Å². The highest BCUT2D eigenvalue weighted by Crippen LogP contribution is 2.53. The number of rotatable bonds is 6. The zero-order chi connectivity index (χ0) is 29.5. The maximum atomic E-state index is 13.9. The van der Waals surface area contributed by atoms with Gasteiger partial charge in [-0.1, -0.05) is 6.42 Å². The lowest BCUT2D eigenvalue weighted by molar-refractivity contribution is -0.148. The number of ketones is 2. The number of nitrogens with zero attached hydrogens (tertiary/aromatic N) is 1. The summed E-state index contributed by atoms with van der Waals surface area (Å²) in [6.45, 7) is 0.457. The largest absolute Gasteiger partial charge is 0.510 e. The maximum Gasteiger partial charge on any atom is 0.255 e. The smallest absolute Gasteiger partial charge is 0.255 e. The average molecular weight is 568 g/mol. The molecule has 11 nitrogen and oxygen atoms in total. The van der Waals surface area contributed by atoms with Crippen LogP contribution in [0.1, 0.15) is 53.6 Å². The Morgan fingerprint density at radius 3 is 2.49 bits per heavy atom. The molecule has 1 aromatic carbocycles. The molecule has 2 saturated carbocycles. The first-order chi connectivity index (χ1) is 19.4. The van der Waals surface area contributed by atoms with E-state index in [1.54, 1.807) is 14.1 Å². The van der Waals surface area contributed by atoms with Crippen LogP contribution < -0.4 is 15.8 Å². The van der Waals surface area contributed by atoms with Gasteiger partial charge in [-0.15, -0.1) is 0 Å². The predicted molar refractivity (Wildman–Crippen MR) is 146 cm³/mol. The molecule has 0 saturated heterocycles. The maximum absolute atomic E-state index is 13.9. The molecule has 7 N–H and O–H groups in total. The van der Waals surface area contributed by atoms with E-state index in [4.69, 9.17) is 10.5 Å². The van der Waals surface area contributed by atoms with Crippen LogP contribution >= 0.6 is 0 Å². The SMILES string of the molecule is COc1c(CN[C@@H]2CC3CCC2C3)cc(O)c2c1C[C@H]1C[C@H]3[C@H](N(C)C)C(O)=C(C(N)=O)C(=O)[C@@]3(O)C(O)=C1C2=O. The average Bonchev–Trinajstić information content (AvgIpc) is 3.53. The molecule has 0 aliphatic heterocycles. The summed E-state index contributed by atoms with van der Waals surface area (Å²) < 4.78 is 5.80. The van der Waals surface area contributed by atoms with Crippen LogP contribution in [0.2, 0.25) is 0 Å². The third-order valence-electron chi connectivity index (χ3n) is 10.2. The van der Waals surface area contributed by atoms with Crippen LogP contribution in [0.4, 0.5) is 0 Å². The number of allylic oxidation sites excluding steroid dienone is 1. The van der Waals surface area contributed by atoms with Crippen molar-refractivity contribution >= 4 is 17.5 Å². The quantitative estimate of drug-likeness (QED) is 0.275. The molecule has 5 aliphatic rings. The zero-order valence-electron chi connectivity index (χ0n) is 23.4. The number of phenols is 1. The van der Waals surface area contributed by atoms with Gasteiger partial charge in [-0.25, -0.2) is 0 Å².